The lowest BCUT2D eigenvalue weighted by atomic mass is 10.0. The van der Waals surface area contributed by atoms with Crippen molar-refractivity contribution in [1.82, 2.24) is 15.7 Å². The number of nitrogens with one attached hydrogen (secondary N) is 2. The minimum Gasteiger partial charge on any atom is -0.497 e. The molecular weight excluding hydrogens is 326 g/mol. The molecule has 1 aromatic carbocycles. The summed E-state index contributed by atoms with van der Waals surface area (Å²) in [5, 5.41) is 11.5. The van der Waals surface area contributed by atoms with E-state index < -0.39 is 29.9 Å². The van der Waals surface area contributed by atoms with E-state index in [9.17, 15) is 14.4 Å². The number of carbonyl (C=O) groups excluding carboxylic acids is 3. The number of nitrogens with zero attached hydrogens (tertiary/aromatic N) is 1. The molecule has 1 fully saturated rings. The van der Waals surface area contributed by atoms with Gasteiger partial charge in [-0.15, -0.1) is 0 Å². The zero-order valence-electron chi connectivity index (χ0n) is 14.5. The first-order valence-electron chi connectivity index (χ1n) is 8.09. The number of benzene rings is 1. The summed E-state index contributed by atoms with van der Waals surface area (Å²) in [7, 11) is 1.59. The Morgan fingerprint density at radius 3 is 2.48 bits per heavy atom. The average Bonchev–Trinajstić information content (AvgIpc) is 2.88. The van der Waals surface area contributed by atoms with E-state index in [0.29, 0.717) is 12.8 Å². The standard InChI is InChI=1S/C17H23N3O5/c1-10(2)14(15(21)19-24)20-16(22)13(18-17(20)23)9-6-11-4-7-12(25-3)8-5-11/h4-5,7-8,10,13-14,24H,6,9H2,1-3H3,(H,18,23)(H,19,21). The molecule has 1 heterocycles. The van der Waals surface area contributed by atoms with Crippen molar-refractivity contribution in [1.29, 1.82) is 0 Å². The molecule has 1 aromatic rings. The Morgan fingerprint density at radius 1 is 1.32 bits per heavy atom. The fourth-order valence-corrected chi connectivity index (χ4v) is 2.89. The molecule has 0 saturated carbocycles. The number of hydrogen-bond donors (Lipinski definition) is 3. The van der Waals surface area contributed by atoms with E-state index in [4.69, 9.17) is 9.94 Å². The lowest BCUT2D eigenvalue weighted by molar-refractivity contribution is -0.142. The number of carbonyl (C=O) groups is 3. The van der Waals surface area contributed by atoms with E-state index in [2.05, 4.69) is 5.32 Å². The fraction of sp³-hybridized carbons (Fsp3) is 0.471. The van der Waals surface area contributed by atoms with Crippen LogP contribution in [0.15, 0.2) is 24.3 Å². The minimum absolute atomic E-state index is 0.331. The first-order chi connectivity index (χ1) is 11.9. The largest absolute Gasteiger partial charge is 0.497 e. The third kappa shape index (κ3) is 4.08. The maximum Gasteiger partial charge on any atom is 0.325 e. The summed E-state index contributed by atoms with van der Waals surface area (Å²) >= 11 is 0. The van der Waals surface area contributed by atoms with Gasteiger partial charge in [0.1, 0.15) is 17.8 Å². The van der Waals surface area contributed by atoms with Crippen molar-refractivity contribution in [2.24, 2.45) is 5.92 Å². The van der Waals surface area contributed by atoms with Gasteiger partial charge in [0.05, 0.1) is 7.11 Å². The van der Waals surface area contributed by atoms with Crippen molar-refractivity contribution < 1.29 is 24.3 Å². The monoisotopic (exact) mass is 349 g/mol. The van der Waals surface area contributed by atoms with Gasteiger partial charge in [-0.1, -0.05) is 26.0 Å². The number of imide groups is 1. The van der Waals surface area contributed by atoms with Gasteiger partial charge < -0.3 is 10.1 Å². The lowest BCUT2D eigenvalue weighted by Gasteiger charge is -2.26. The van der Waals surface area contributed by atoms with Crippen molar-refractivity contribution in [3.05, 3.63) is 29.8 Å². The van der Waals surface area contributed by atoms with Crippen LogP contribution in [0.2, 0.25) is 0 Å². The summed E-state index contributed by atoms with van der Waals surface area (Å²) in [6, 6.07) is 5.09. The van der Waals surface area contributed by atoms with Crippen LogP contribution in [0.1, 0.15) is 25.8 Å². The van der Waals surface area contributed by atoms with Gasteiger partial charge in [0.2, 0.25) is 0 Å². The highest BCUT2D eigenvalue weighted by Crippen LogP contribution is 2.20. The van der Waals surface area contributed by atoms with E-state index in [1.165, 1.54) is 5.48 Å². The Balaban J connectivity index is 2.05. The Bertz CT molecular complexity index is 644. The van der Waals surface area contributed by atoms with Crippen LogP contribution in [-0.2, 0) is 16.0 Å². The molecule has 0 aliphatic carbocycles. The third-order valence-electron chi connectivity index (χ3n) is 4.22. The van der Waals surface area contributed by atoms with E-state index in [-0.39, 0.29) is 5.92 Å². The number of urea groups is 1. The maximum absolute atomic E-state index is 12.6. The first kappa shape index (κ1) is 18.7. The Kier molecular flexibility index (Phi) is 5.97. The van der Waals surface area contributed by atoms with Crippen molar-refractivity contribution in [3.63, 3.8) is 0 Å². The van der Waals surface area contributed by atoms with Gasteiger partial charge in [0.25, 0.3) is 11.8 Å². The number of methoxy groups -OCH3 is 1. The second-order valence-corrected chi connectivity index (χ2v) is 6.26. The predicted octanol–water partition coefficient (Wildman–Crippen LogP) is 1.08. The summed E-state index contributed by atoms with van der Waals surface area (Å²) in [4.78, 5) is 37.5. The second kappa shape index (κ2) is 7.98. The highest BCUT2D eigenvalue weighted by atomic mass is 16.5. The van der Waals surface area contributed by atoms with Gasteiger partial charge in [-0.25, -0.2) is 15.2 Å². The van der Waals surface area contributed by atoms with Crippen LogP contribution in [0.3, 0.4) is 0 Å². The van der Waals surface area contributed by atoms with Gasteiger partial charge in [-0.2, -0.15) is 0 Å². The number of hydrogen-bond acceptors (Lipinski definition) is 5. The van der Waals surface area contributed by atoms with Crippen molar-refractivity contribution >= 4 is 17.8 Å². The van der Waals surface area contributed by atoms with Crippen molar-refractivity contribution in [2.75, 3.05) is 7.11 Å². The van der Waals surface area contributed by atoms with Crippen LogP contribution >= 0.6 is 0 Å². The Morgan fingerprint density at radius 2 is 1.96 bits per heavy atom. The highest BCUT2D eigenvalue weighted by Gasteiger charge is 2.45. The first-order valence-corrected chi connectivity index (χ1v) is 8.09. The average molecular weight is 349 g/mol. The highest BCUT2D eigenvalue weighted by molar-refractivity contribution is 6.07. The number of aryl methyl sites for hydroxylation is 1. The molecule has 25 heavy (non-hydrogen) atoms. The molecule has 136 valence electrons. The summed E-state index contributed by atoms with van der Waals surface area (Å²) < 4.78 is 5.10. The second-order valence-electron chi connectivity index (χ2n) is 6.26. The fourth-order valence-electron chi connectivity index (χ4n) is 2.89. The van der Waals surface area contributed by atoms with Crippen LogP contribution in [0.4, 0.5) is 4.79 Å². The smallest absolute Gasteiger partial charge is 0.325 e. The predicted molar refractivity (Wildman–Crippen MR) is 89.0 cm³/mol. The van der Waals surface area contributed by atoms with Gasteiger partial charge in [0.15, 0.2) is 0 Å². The van der Waals surface area contributed by atoms with Crippen molar-refractivity contribution in [3.8, 4) is 5.75 Å². The molecule has 8 heteroatoms. The molecule has 0 bridgehead atoms. The van der Waals surface area contributed by atoms with Crippen LogP contribution in [0.25, 0.3) is 0 Å². The van der Waals surface area contributed by atoms with E-state index in [1.807, 2.05) is 24.3 Å². The molecule has 2 unspecified atom stereocenters. The maximum atomic E-state index is 12.6. The third-order valence-corrected chi connectivity index (χ3v) is 4.22. The van der Waals surface area contributed by atoms with Crippen LogP contribution < -0.4 is 15.5 Å². The molecule has 2 rings (SSSR count). The molecule has 4 amide bonds. The molecule has 1 saturated heterocycles. The summed E-state index contributed by atoms with van der Waals surface area (Å²) in [5.74, 6) is -0.827. The Labute approximate surface area is 146 Å². The molecule has 1 aliphatic heterocycles. The summed E-state index contributed by atoms with van der Waals surface area (Å²) in [5.41, 5.74) is 2.53. The van der Waals surface area contributed by atoms with Crippen LogP contribution in [0.5, 0.6) is 5.75 Å². The van der Waals surface area contributed by atoms with Crippen LogP contribution in [-0.4, -0.2) is 47.1 Å². The van der Waals surface area contributed by atoms with E-state index >= 15 is 0 Å². The number of rotatable bonds is 7. The quantitative estimate of drug-likeness (QED) is 0.388. The minimum atomic E-state index is -1.05. The molecular formula is C17H23N3O5. The number of hydroxylamine groups is 1. The summed E-state index contributed by atoms with van der Waals surface area (Å²) in [6.07, 6.45) is 1.01. The topological polar surface area (TPSA) is 108 Å². The zero-order valence-corrected chi connectivity index (χ0v) is 14.5. The van der Waals surface area contributed by atoms with E-state index in [1.54, 1.807) is 21.0 Å². The van der Waals surface area contributed by atoms with Gasteiger partial charge >= 0.3 is 6.03 Å². The zero-order chi connectivity index (χ0) is 18.6. The van der Waals surface area contributed by atoms with Gasteiger partial charge in [-0.05, 0) is 36.5 Å². The molecule has 0 spiro atoms. The Hall–Kier alpha value is -2.61. The van der Waals surface area contributed by atoms with Gasteiger partial charge in [-0.3, -0.25) is 14.8 Å². The van der Waals surface area contributed by atoms with E-state index in [0.717, 1.165) is 16.2 Å². The van der Waals surface area contributed by atoms with Crippen molar-refractivity contribution in [2.45, 2.75) is 38.8 Å². The number of ether oxygens (including phenoxy) is 1. The summed E-state index contributed by atoms with van der Waals surface area (Å²) in [6.45, 7) is 3.40. The molecule has 8 nitrogen and oxygen atoms in total. The molecule has 0 radical (unpaired) electrons. The normalized spacial score (nSPS) is 18.3. The number of amides is 4. The van der Waals surface area contributed by atoms with Crippen LogP contribution in [0, 0.1) is 5.92 Å². The SMILES string of the molecule is COc1ccc(CCC2NC(=O)N(C(C(=O)NO)C(C)C)C2=O)cc1. The molecule has 1 aliphatic rings. The molecule has 3 N–H and O–H groups in total. The lowest BCUT2D eigenvalue weighted by Crippen LogP contribution is -2.52. The molecule has 2 atom stereocenters. The molecule has 0 aromatic heterocycles. The van der Waals surface area contributed by atoms with Gasteiger partial charge in [0, 0.05) is 0 Å².